The van der Waals surface area contributed by atoms with Crippen LogP contribution in [0.4, 0.5) is 0 Å². The Bertz CT molecular complexity index is 1070. The number of hydrogen-bond donors (Lipinski definition) is 3. The molecule has 1 aromatic carbocycles. The van der Waals surface area contributed by atoms with Gasteiger partial charge in [-0.25, -0.2) is 0 Å². The lowest BCUT2D eigenvalue weighted by atomic mass is 9.81. The second kappa shape index (κ2) is 6.70. The molecule has 5 saturated heterocycles. The minimum Gasteiger partial charge on any atom is -0.504 e. The number of aliphatic hydroxyl groups is 1. The molecule has 0 saturated carbocycles. The Kier molecular flexibility index (Phi) is 4.29. The van der Waals surface area contributed by atoms with Gasteiger partial charge in [-0.2, -0.15) is 5.06 Å². The topological polar surface area (TPSA) is 130 Å². The van der Waals surface area contributed by atoms with Gasteiger partial charge in [-0.3, -0.25) is 14.4 Å². The molecule has 7 atom stereocenters. The number of phenols is 1. The van der Waals surface area contributed by atoms with Gasteiger partial charge in [-0.05, 0) is 17.7 Å². The predicted octanol–water partition coefficient (Wildman–Crippen LogP) is 0.641. The minimum absolute atomic E-state index is 0.134. The number of piperazine rings is 1. The first kappa shape index (κ1) is 20.5. The Labute approximate surface area is 190 Å². The second-order valence-electron chi connectivity index (χ2n) is 8.32. The molecular weight excluding hydrogens is 460 g/mol. The maximum absolute atomic E-state index is 13.5. The Morgan fingerprint density at radius 3 is 2.81 bits per heavy atom. The van der Waals surface area contributed by atoms with E-state index >= 15 is 0 Å². The van der Waals surface area contributed by atoms with Crippen LogP contribution in [0.1, 0.15) is 17.2 Å². The van der Waals surface area contributed by atoms with Gasteiger partial charge in [0.15, 0.2) is 11.5 Å². The monoisotopic (exact) mass is 480 g/mol. The summed E-state index contributed by atoms with van der Waals surface area (Å²) >= 11 is 0. The van der Waals surface area contributed by atoms with Crippen LogP contribution in [-0.4, -0.2) is 76.1 Å². The van der Waals surface area contributed by atoms with E-state index in [2.05, 4.69) is 5.32 Å². The maximum Gasteiger partial charge on any atom is 0.272 e. The highest BCUT2D eigenvalue weighted by molar-refractivity contribution is 8.77. The number of aromatic hydroxyl groups is 1. The van der Waals surface area contributed by atoms with E-state index in [4.69, 9.17) is 19.0 Å². The van der Waals surface area contributed by atoms with Gasteiger partial charge in [-0.15, -0.1) is 0 Å². The summed E-state index contributed by atoms with van der Waals surface area (Å²) in [5, 5.41) is 24.3. The number of phenolic OH excluding ortho intramolecular Hbond substituents is 1. The van der Waals surface area contributed by atoms with Gasteiger partial charge in [0, 0.05) is 6.42 Å². The van der Waals surface area contributed by atoms with Crippen molar-refractivity contribution in [3.63, 3.8) is 0 Å². The molecule has 5 fully saturated rings. The van der Waals surface area contributed by atoms with E-state index in [-0.39, 0.29) is 29.9 Å². The van der Waals surface area contributed by atoms with Gasteiger partial charge in [0.25, 0.3) is 11.8 Å². The number of carbonyl (C=O) groups excluding carboxylic acids is 2. The fourth-order valence-corrected chi connectivity index (χ4v) is 8.48. The number of rotatable bonds is 3. The molecule has 12 heteroatoms. The van der Waals surface area contributed by atoms with Crippen molar-refractivity contribution in [2.24, 2.45) is 0 Å². The first-order valence-corrected chi connectivity index (χ1v) is 12.2. The van der Waals surface area contributed by atoms with Gasteiger partial charge in [-0.1, -0.05) is 33.7 Å². The third-order valence-electron chi connectivity index (χ3n) is 6.62. The van der Waals surface area contributed by atoms with Gasteiger partial charge in [0.05, 0.1) is 19.5 Å². The number of hydroxylamine groups is 2. The summed E-state index contributed by atoms with van der Waals surface area (Å²) in [5.74, 6) is -0.409. The Morgan fingerprint density at radius 2 is 2.06 bits per heavy atom. The minimum atomic E-state index is -1.33. The predicted molar refractivity (Wildman–Crippen MR) is 113 cm³/mol. The van der Waals surface area contributed by atoms with Crippen molar-refractivity contribution < 1.29 is 38.9 Å². The molecule has 32 heavy (non-hydrogen) atoms. The van der Waals surface area contributed by atoms with Crippen LogP contribution in [0.3, 0.4) is 0 Å². The molecule has 5 heterocycles. The molecule has 2 bridgehead atoms. The summed E-state index contributed by atoms with van der Waals surface area (Å²) in [6.07, 6.45) is 1.58. The number of nitrogens with zero attached hydrogens (tertiary/aromatic N) is 1. The quantitative estimate of drug-likeness (QED) is 0.322. The Hall–Kier alpha value is -2.12. The van der Waals surface area contributed by atoms with Crippen LogP contribution in [0.5, 0.6) is 17.2 Å². The molecule has 7 rings (SSSR count). The van der Waals surface area contributed by atoms with E-state index < -0.39 is 39.9 Å². The standard InChI is InChI=1S/C20H20N2O8S2/c1-27-11-6-8(5-10(24)14(11)28-2)15-13-17(25)22-20(32-31-15,18(26)21-13)7-19-12(29-19)4-3-9(23)16(19)30-22/h3-6,9,12-13,15-16,23-24H,7H2,1-2H3,(H,21,26). The highest BCUT2D eigenvalue weighted by Crippen LogP contribution is 2.64. The Morgan fingerprint density at radius 1 is 1.25 bits per heavy atom. The molecule has 0 aromatic heterocycles. The average Bonchev–Trinajstić information content (AvgIpc) is 3.52. The number of ether oxygens (including phenoxy) is 3. The smallest absolute Gasteiger partial charge is 0.272 e. The van der Waals surface area contributed by atoms with Crippen molar-refractivity contribution in [2.75, 3.05) is 14.2 Å². The van der Waals surface area contributed by atoms with E-state index in [0.29, 0.717) is 11.3 Å². The fraction of sp³-hybridized carbons (Fsp3) is 0.500. The molecule has 1 aliphatic carbocycles. The number of nitrogens with one attached hydrogen (secondary N) is 1. The van der Waals surface area contributed by atoms with Crippen molar-refractivity contribution in [1.82, 2.24) is 10.4 Å². The third-order valence-corrected chi connectivity index (χ3v) is 9.98. The molecule has 10 nitrogen and oxygen atoms in total. The number of epoxide rings is 1. The summed E-state index contributed by atoms with van der Waals surface area (Å²) in [5.41, 5.74) is -0.254. The highest BCUT2D eigenvalue weighted by atomic mass is 33.1. The van der Waals surface area contributed by atoms with Crippen molar-refractivity contribution >= 4 is 33.4 Å². The fourth-order valence-electron chi connectivity index (χ4n) is 4.99. The second-order valence-corrected chi connectivity index (χ2v) is 10.9. The Balaban J connectivity index is 1.40. The van der Waals surface area contributed by atoms with Gasteiger partial charge in [0.2, 0.25) is 10.6 Å². The summed E-state index contributed by atoms with van der Waals surface area (Å²) in [6.45, 7) is 0. The number of fused-ring (bicyclic) bond motifs is 3. The number of methoxy groups -OCH3 is 2. The van der Waals surface area contributed by atoms with Crippen LogP contribution >= 0.6 is 21.6 Å². The number of benzene rings is 1. The zero-order valence-electron chi connectivity index (χ0n) is 17.0. The molecular formula is C20H20N2O8S2. The van der Waals surface area contributed by atoms with Crippen LogP contribution in [0.25, 0.3) is 0 Å². The first-order valence-electron chi connectivity index (χ1n) is 10.00. The summed E-state index contributed by atoms with van der Waals surface area (Å²) in [7, 11) is 5.45. The normalized spacial score (nSPS) is 41.2. The van der Waals surface area contributed by atoms with E-state index in [9.17, 15) is 19.8 Å². The van der Waals surface area contributed by atoms with Crippen LogP contribution in [-0.2, 0) is 19.2 Å². The number of amides is 2. The molecule has 3 N–H and O–H groups in total. The molecule has 2 amide bonds. The molecule has 6 aliphatic rings. The summed E-state index contributed by atoms with van der Waals surface area (Å²) in [4.78, 5) is 31.5. The lowest BCUT2D eigenvalue weighted by Gasteiger charge is -2.51. The number of aliphatic hydroxyl groups excluding tert-OH is 1. The molecule has 170 valence electrons. The SMILES string of the molecule is COc1cc(C2SSC34CC56OC5C=CC(O)C6ON3C(=O)C2NC4=O)cc(O)c1OC. The molecule has 1 aromatic rings. The maximum atomic E-state index is 13.5. The van der Waals surface area contributed by atoms with Gasteiger partial charge in [0.1, 0.15) is 30.0 Å². The van der Waals surface area contributed by atoms with Crippen molar-refractivity contribution in [3.8, 4) is 17.2 Å². The lowest BCUT2D eigenvalue weighted by Crippen LogP contribution is -2.74. The molecule has 7 unspecified atom stereocenters. The van der Waals surface area contributed by atoms with Crippen LogP contribution in [0, 0.1) is 0 Å². The van der Waals surface area contributed by atoms with E-state index in [1.165, 1.54) is 41.9 Å². The average molecular weight is 481 g/mol. The van der Waals surface area contributed by atoms with Crippen molar-refractivity contribution in [3.05, 3.63) is 29.8 Å². The van der Waals surface area contributed by atoms with E-state index in [0.717, 1.165) is 5.06 Å². The van der Waals surface area contributed by atoms with Gasteiger partial charge < -0.3 is 29.7 Å². The van der Waals surface area contributed by atoms with Crippen LogP contribution < -0.4 is 14.8 Å². The zero-order valence-corrected chi connectivity index (χ0v) is 18.6. The number of carbonyl (C=O) groups is 2. The summed E-state index contributed by atoms with van der Waals surface area (Å²) < 4.78 is 16.4. The summed E-state index contributed by atoms with van der Waals surface area (Å²) in [6, 6.07) is 2.24. The van der Waals surface area contributed by atoms with Crippen molar-refractivity contribution in [2.45, 2.75) is 46.5 Å². The largest absolute Gasteiger partial charge is 0.504 e. The van der Waals surface area contributed by atoms with E-state index in [1.54, 1.807) is 18.2 Å². The third kappa shape index (κ3) is 2.49. The molecule has 5 aliphatic heterocycles. The van der Waals surface area contributed by atoms with Crippen LogP contribution in [0.2, 0.25) is 0 Å². The van der Waals surface area contributed by atoms with Gasteiger partial charge >= 0.3 is 0 Å². The van der Waals surface area contributed by atoms with E-state index in [1.807, 2.05) is 0 Å². The first-order chi connectivity index (χ1) is 15.3. The van der Waals surface area contributed by atoms with Crippen molar-refractivity contribution in [1.29, 1.82) is 0 Å². The number of hydrogen-bond acceptors (Lipinski definition) is 10. The lowest BCUT2D eigenvalue weighted by molar-refractivity contribution is -0.281. The highest BCUT2D eigenvalue weighted by Gasteiger charge is 2.76. The zero-order chi connectivity index (χ0) is 22.4. The molecule has 2 spiro atoms. The van der Waals surface area contributed by atoms with Crippen LogP contribution in [0.15, 0.2) is 24.3 Å². The molecule has 0 radical (unpaired) electrons.